The van der Waals surface area contributed by atoms with Gasteiger partial charge in [-0.2, -0.15) is 21.6 Å². The van der Waals surface area contributed by atoms with Crippen molar-refractivity contribution in [2.45, 2.75) is 38.1 Å². The van der Waals surface area contributed by atoms with Gasteiger partial charge in [-0.25, -0.2) is 9.97 Å². The molecule has 0 bridgehead atoms. The first-order valence-corrected chi connectivity index (χ1v) is 9.70. The molecule has 0 fully saturated rings. The summed E-state index contributed by atoms with van der Waals surface area (Å²) in [5.74, 6) is 0.383. The Morgan fingerprint density at radius 1 is 0.963 bits per heavy atom. The summed E-state index contributed by atoms with van der Waals surface area (Å²) in [5.41, 5.74) is -5.00. The second-order valence-corrected chi connectivity index (χ2v) is 7.20. The van der Waals surface area contributed by atoms with Crippen molar-refractivity contribution < 1.29 is 30.5 Å². The molecule has 6 nitrogen and oxygen atoms in total. The first-order chi connectivity index (χ1) is 12.7. The molecule has 0 N–H and O–H groups in total. The van der Waals surface area contributed by atoms with E-state index in [1.54, 1.807) is 0 Å². The molecule has 1 heterocycles. The van der Waals surface area contributed by atoms with Crippen molar-refractivity contribution in [3.63, 3.8) is 0 Å². The highest BCUT2D eigenvalue weighted by atomic mass is 32.2. The van der Waals surface area contributed by atoms with E-state index < -0.39 is 21.4 Å². The Bertz CT molecular complexity index is 823. The lowest BCUT2D eigenvalue weighted by Gasteiger charge is -2.09. The molecule has 0 aliphatic heterocycles. The fourth-order valence-corrected chi connectivity index (χ4v) is 2.55. The van der Waals surface area contributed by atoms with Gasteiger partial charge in [0.15, 0.2) is 11.6 Å². The van der Waals surface area contributed by atoms with Gasteiger partial charge in [0.05, 0.1) is 19.0 Å². The second kappa shape index (κ2) is 9.03. The zero-order chi connectivity index (χ0) is 19.9. The molecule has 0 radical (unpaired) electrons. The Hall–Kier alpha value is -2.36. The normalized spacial score (nSPS) is 12.0. The average Bonchev–Trinajstić information content (AvgIpc) is 2.61. The van der Waals surface area contributed by atoms with E-state index in [2.05, 4.69) is 21.1 Å². The van der Waals surface area contributed by atoms with Gasteiger partial charge in [0, 0.05) is 5.56 Å². The number of nitrogens with zero attached hydrogens (tertiary/aromatic N) is 2. The molecule has 0 saturated carbocycles. The van der Waals surface area contributed by atoms with E-state index in [0.29, 0.717) is 23.7 Å². The van der Waals surface area contributed by atoms with Crippen molar-refractivity contribution in [1.29, 1.82) is 0 Å². The maximum atomic E-state index is 12.3. The van der Waals surface area contributed by atoms with Gasteiger partial charge in [-0.1, -0.05) is 26.2 Å². The summed E-state index contributed by atoms with van der Waals surface area (Å²) in [6.45, 7) is 2.70. The van der Waals surface area contributed by atoms with Crippen LogP contribution in [0.15, 0.2) is 36.7 Å². The van der Waals surface area contributed by atoms with Crippen LogP contribution < -0.4 is 8.92 Å². The topological polar surface area (TPSA) is 78.4 Å². The van der Waals surface area contributed by atoms with Gasteiger partial charge in [-0.05, 0) is 30.7 Å². The lowest BCUT2D eigenvalue weighted by atomic mass is 10.2. The number of unbranched alkanes of at least 4 members (excludes halogenated alkanes) is 3. The predicted molar refractivity (Wildman–Crippen MR) is 92.7 cm³/mol. The van der Waals surface area contributed by atoms with Crippen LogP contribution in [0.4, 0.5) is 13.2 Å². The molecule has 2 rings (SSSR count). The summed E-state index contributed by atoms with van der Waals surface area (Å²) in [6.07, 6.45) is 7.33. The van der Waals surface area contributed by atoms with E-state index in [4.69, 9.17) is 4.74 Å². The highest BCUT2D eigenvalue weighted by Crippen LogP contribution is 2.28. The molecular formula is C17H19F3N2O4S. The highest BCUT2D eigenvalue weighted by molar-refractivity contribution is 7.88. The van der Waals surface area contributed by atoms with Crippen LogP contribution in [0.2, 0.25) is 0 Å². The molecule has 27 heavy (non-hydrogen) atoms. The number of benzene rings is 1. The molecule has 0 aliphatic rings. The van der Waals surface area contributed by atoms with Gasteiger partial charge < -0.3 is 8.92 Å². The molecule has 148 valence electrons. The predicted octanol–water partition coefficient (Wildman–Crippen LogP) is 4.33. The molecule has 10 heteroatoms. The number of hydrogen-bond acceptors (Lipinski definition) is 6. The lowest BCUT2D eigenvalue weighted by molar-refractivity contribution is -0.0500. The van der Waals surface area contributed by atoms with Crippen LogP contribution >= 0.6 is 0 Å². The molecule has 0 aliphatic carbocycles. The van der Waals surface area contributed by atoms with E-state index in [1.807, 2.05) is 0 Å². The summed E-state index contributed by atoms with van der Waals surface area (Å²) in [6, 6.07) is 4.92. The molecular weight excluding hydrogens is 385 g/mol. The monoisotopic (exact) mass is 404 g/mol. The third kappa shape index (κ3) is 6.09. The van der Waals surface area contributed by atoms with E-state index in [1.165, 1.54) is 24.5 Å². The van der Waals surface area contributed by atoms with Gasteiger partial charge in [0.25, 0.3) is 0 Å². The van der Waals surface area contributed by atoms with Crippen molar-refractivity contribution in [3.05, 3.63) is 36.7 Å². The lowest BCUT2D eigenvalue weighted by Crippen LogP contribution is -2.28. The second-order valence-electron chi connectivity index (χ2n) is 5.66. The van der Waals surface area contributed by atoms with E-state index in [9.17, 15) is 21.6 Å². The Kier molecular flexibility index (Phi) is 7.00. The quantitative estimate of drug-likeness (QED) is 0.352. The van der Waals surface area contributed by atoms with Crippen molar-refractivity contribution in [2.75, 3.05) is 6.61 Å². The van der Waals surface area contributed by atoms with Crippen LogP contribution in [0.25, 0.3) is 11.4 Å². The standard InChI is InChI=1S/C17H19F3N2O4S/c1-2-3-4-5-10-25-15-11-21-16(22-12-15)13-6-8-14(9-7-13)26-27(23,24)17(18,19)20/h6-9,11-12H,2-5,10H2,1H3. The smallest absolute Gasteiger partial charge is 0.490 e. The van der Waals surface area contributed by atoms with Gasteiger partial charge in [0.2, 0.25) is 0 Å². The van der Waals surface area contributed by atoms with Crippen molar-refractivity contribution >= 4 is 10.1 Å². The Morgan fingerprint density at radius 2 is 1.59 bits per heavy atom. The van der Waals surface area contributed by atoms with Crippen molar-refractivity contribution in [1.82, 2.24) is 9.97 Å². The number of ether oxygens (including phenoxy) is 1. The van der Waals surface area contributed by atoms with Crippen LogP contribution in [-0.2, 0) is 10.1 Å². The van der Waals surface area contributed by atoms with Crippen LogP contribution in [0.3, 0.4) is 0 Å². The van der Waals surface area contributed by atoms with Crippen molar-refractivity contribution in [2.24, 2.45) is 0 Å². The largest absolute Gasteiger partial charge is 0.534 e. The molecule has 0 spiro atoms. The molecule has 1 aromatic heterocycles. The highest BCUT2D eigenvalue weighted by Gasteiger charge is 2.48. The molecule has 2 aromatic rings. The van der Waals surface area contributed by atoms with Gasteiger partial charge in [0.1, 0.15) is 5.75 Å². The summed E-state index contributed by atoms with van der Waals surface area (Å²) < 4.78 is 68.4. The third-order valence-corrected chi connectivity index (χ3v) is 4.48. The number of aromatic nitrogens is 2. The minimum absolute atomic E-state index is 0.318. The maximum Gasteiger partial charge on any atom is 0.534 e. The average molecular weight is 404 g/mol. The Balaban J connectivity index is 1.97. The fourth-order valence-electron chi connectivity index (χ4n) is 2.09. The summed E-state index contributed by atoms with van der Waals surface area (Å²) in [4.78, 5) is 8.26. The van der Waals surface area contributed by atoms with E-state index in [0.717, 1.165) is 37.8 Å². The zero-order valence-corrected chi connectivity index (χ0v) is 15.4. The van der Waals surface area contributed by atoms with Crippen LogP contribution in [0.5, 0.6) is 11.5 Å². The SMILES string of the molecule is CCCCCCOc1cnc(-c2ccc(OS(=O)(=O)C(F)(F)F)cc2)nc1. The summed E-state index contributed by atoms with van der Waals surface area (Å²) in [7, 11) is -5.70. The Morgan fingerprint density at radius 3 is 2.15 bits per heavy atom. The maximum absolute atomic E-state index is 12.3. The van der Waals surface area contributed by atoms with Crippen LogP contribution in [0, 0.1) is 0 Å². The first kappa shape index (κ1) is 20.9. The fraction of sp³-hybridized carbons (Fsp3) is 0.412. The molecule has 0 atom stereocenters. The number of hydrogen-bond donors (Lipinski definition) is 0. The number of halogens is 3. The molecule has 0 unspecified atom stereocenters. The van der Waals surface area contributed by atoms with Gasteiger partial charge in [-0.3, -0.25) is 0 Å². The number of alkyl halides is 3. The zero-order valence-electron chi connectivity index (χ0n) is 14.6. The summed E-state index contributed by atoms with van der Waals surface area (Å²) in [5, 5.41) is 0. The molecule has 0 saturated heterocycles. The number of rotatable bonds is 9. The van der Waals surface area contributed by atoms with E-state index in [-0.39, 0.29) is 0 Å². The Labute approximate surface area is 155 Å². The minimum atomic E-state index is -5.70. The van der Waals surface area contributed by atoms with Gasteiger partial charge >= 0.3 is 15.6 Å². The van der Waals surface area contributed by atoms with Crippen LogP contribution in [0.1, 0.15) is 32.6 Å². The minimum Gasteiger partial charge on any atom is -0.490 e. The molecule has 0 amide bonds. The summed E-state index contributed by atoms with van der Waals surface area (Å²) >= 11 is 0. The van der Waals surface area contributed by atoms with Crippen LogP contribution in [-0.4, -0.2) is 30.5 Å². The first-order valence-electron chi connectivity index (χ1n) is 8.29. The molecule has 1 aromatic carbocycles. The third-order valence-electron chi connectivity index (χ3n) is 3.50. The van der Waals surface area contributed by atoms with E-state index >= 15 is 0 Å². The van der Waals surface area contributed by atoms with Gasteiger partial charge in [-0.15, -0.1) is 0 Å². The van der Waals surface area contributed by atoms with Crippen molar-refractivity contribution in [3.8, 4) is 22.9 Å².